The first-order valence-electron chi connectivity index (χ1n) is 4.86. The van der Waals surface area contributed by atoms with Crippen molar-refractivity contribution in [3.8, 4) is 0 Å². The van der Waals surface area contributed by atoms with Gasteiger partial charge in [0.1, 0.15) is 0 Å². The molecule has 1 heterocycles. The summed E-state index contributed by atoms with van der Waals surface area (Å²) in [6.07, 6.45) is 3.82. The maximum Gasteiger partial charge on any atom is 0.272 e. The van der Waals surface area contributed by atoms with Crippen LogP contribution in [0.4, 0.5) is 8.78 Å². The molecule has 0 radical (unpaired) electrons. The zero-order valence-electron chi connectivity index (χ0n) is 8.76. The molecule has 1 aliphatic heterocycles. The summed E-state index contributed by atoms with van der Waals surface area (Å²) in [5, 5.41) is 0. The van der Waals surface area contributed by atoms with Crippen molar-refractivity contribution in [2.75, 3.05) is 19.6 Å². The predicted molar refractivity (Wildman–Crippen MR) is 54.5 cm³/mol. The molecule has 0 spiro atoms. The summed E-state index contributed by atoms with van der Waals surface area (Å²) in [6.45, 7) is 8.38. The summed E-state index contributed by atoms with van der Waals surface area (Å²) >= 11 is 0. The summed E-state index contributed by atoms with van der Waals surface area (Å²) in [4.78, 5) is 1.71. The third-order valence-corrected chi connectivity index (χ3v) is 2.35. The molecule has 1 aliphatic rings. The zero-order chi connectivity index (χ0) is 10.8. The molecule has 3 heteroatoms. The van der Waals surface area contributed by atoms with Crippen molar-refractivity contribution in [1.82, 2.24) is 4.90 Å². The van der Waals surface area contributed by atoms with Crippen molar-refractivity contribution in [2.45, 2.75) is 19.8 Å². The van der Waals surface area contributed by atoms with Gasteiger partial charge in [0.15, 0.2) is 0 Å². The van der Waals surface area contributed by atoms with Crippen LogP contribution in [0.5, 0.6) is 0 Å². The molecule has 0 aromatic heterocycles. The molecule has 0 atom stereocenters. The van der Waals surface area contributed by atoms with E-state index in [1.807, 2.05) is 12.2 Å². The Kier molecular flexibility index (Phi) is 3.43. The fourth-order valence-electron chi connectivity index (χ4n) is 1.28. The highest BCUT2D eigenvalue weighted by molar-refractivity contribution is 5.16. The fourth-order valence-corrected chi connectivity index (χ4v) is 1.28. The van der Waals surface area contributed by atoms with Gasteiger partial charge in [0.05, 0.1) is 13.1 Å². The minimum absolute atomic E-state index is 0.106. The minimum Gasteiger partial charge on any atom is -0.288 e. The molecule has 0 unspecified atom stereocenters. The van der Waals surface area contributed by atoms with Crippen LogP contribution in [0.3, 0.4) is 0 Å². The number of allylic oxidation sites excluding steroid dienone is 2. The van der Waals surface area contributed by atoms with E-state index in [1.165, 1.54) is 0 Å². The lowest BCUT2D eigenvalue weighted by molar-refractivity contribution is -0.125. The number of likely N-dealkylation sites (tertiary alicyclic amines) is 1. The lowest BCUT2D eigenvalue weighted by Gasteiger charge is -2.37. The second-order valence-electron chi connectivity index (χ2n) is 4.16. The van der Waals surface area contributed by atoms with Gasteiger partial charge in [0, 0.05) is 6.54 Å². The van der Waals surface area contributed by atoms with Crippen LogP contribution in [-0.4, -0.2) is 30.5 Å². The first kappa shape index (κ1) is 11.4. The van der Waals surface area contributed by atoms with Crippen LogP contribution in [0.1, 0.15) is 13.8 Å². The summed E-state index contributed by atoms with van der Waals surface area (Å²) in [5.74, 6) is -2.04. The Balaban J connectivity index is 2.19. The van der Waals surface area contributed by atoms with E-state index in [0.29, 0.717) is 12.5 Å². The van der Waals surface area contributed by atoms with Gasteiger partial charge in [-0.2, -0.15) is 0 Å². The second kappa shape index (κ2) is 4.22. The molecule has 1 saturated heterocycles. The van der Waals surface area contributed by atoms with Gasteiger partial charge in [0.2, 0.25) is 0 Å². The average Bonchev–Trinajstić information content (AvgIpc) is 2.00. The van der Waals surface area contributed by atoms with E-state index in [4.69, 9.17) is 0 Å². The van der Waals surface area contributed by atoms with Crippen LogP contribution < -0.4 is 0 Å². The van der Waals surface area contributed by atoms with E-state index in [-0.39, 0.29) is 13.1 Å². The molecule has 1 nitrogen and oxygen atoms in total. The Bertz CT molecular complexity index is 236. The van der Waals surface area contributed by atoms with Crippen LogP contribution in [0.25, 0.3) is 0 Å². The van der Waals surface area contributed by atoms with Crippen molar-refractivity contribution >= 4 is 0 Å². The fraction of sp³-hybridized carbons (Fsp3) is 0.636. The quantitative estimate of drug-likeness (QED) is 0.632. The minimum atomic E-state index is -2.46. The summed E-state index contributed by atoms with van der Waals surface area (Å²) < 4.78 is 24.8. The van der Waals surface area contributed by atoms with Crippen molar-refractivity contribution in [3.63, 3.8) is 0 Å². The lowest BCUT2D eigenvalue weighted by Crippen LogP contribution is -2.55. The van der Waals surface area contributed by atoms with Crippen molar-refractivity contribution < 1.29 is 8.78 Å². The predicted octanol–water partition coefficient (Wildman–Crippen LogP) is 2.71. The third-order valence-electron chi connectivity index (χ3n) is 2.35. The Morgan fingerprint density at radius 3 is 2.50 bits per heavy atom. The number of hydrogen-bond acceptors (Lipinski definition) is 1. The van der Waals surface area contributed by atoms with E-state index in [0.717, 1.165) is 5.57 Å². The lowest BCUT2D eigenvalue weighted by atomic mass is 10.0. The summed E-state index contributed by atoms with van der Waals surface area (Å²) in [7, 11) is 0. The topological polar surface area (TPSA) is 3.24 Å². The molecular weight excluding hydrogens is 184 g/mol. The van der Waals surface area contributed by atoms with Crippen molar-refractivity contribution in [1.29, 1.82) is 0 Å². The molecule has 0 amide bonds. The van der Waals surface area contributed by atoms with Crippen LogP contribution in [0.2, 0.25) is 0 Å². The number of nitrogens with zero attached hydrogens (tertiary/aromatic N) is 1. The molecule has 1 fully saturated rings. The highest BCUT2D eigenvalue weighted by Crippen LogP contribution is 2.26. The maximum absolute atomic E-state index is 12.4. The Hall–Kier alpha value is -0.700. The van der Waals surface area contributed by atoms with Crippen LogP contribution in [-0.2, 0) is 0 Å². The van der Waals surface area contributed by atoms with E-state index < -0.39 is 5.92 Å². The first-order valence-corrected chi connectivity index (χ1v) is 4.86. The largest absolute Gasteiger partial charge is 0.288 e. The number of rotatable bonds is 4. The normalized spacial score (nSPS) is 21.5. The average molecular weight is 201 g/mol. The Morgan fingerprint density at radius 2 is 2.07 bits per heavy atom. The highest BCUT2D eigenvalue weighted by Gasteiger charge is 2.42. The highest BCUT2D eigenvalue weighted by atomic mass is 19.3. The summed E-state index contributed by atoms with van der Waals surface area (Å²) in [5.41, 5.74) is 1.04. The number of halogens is 2. The van der Waals surface area contributed by atoms with Crippen molar-refractivity contribution in [3.05, 3.63) is 24.3 Å². The van der Waals surface area contributed by atoms with Crippen LogP contribution in [0.15, 0.2) is 24.3 Å². The van der Waals surface area contributed by atoms with Gasteiger partial charge < -0.3 is 0 Å². The van der Waals surface area contributed by atoms with E-state index in [1.54, 1.807) is 4.90 Å². The molecule has 0 aromatic carbocycles. The smallest absolute Gasteiger partial charge is 0.272 e. The molecule has 0 aromatic rings. The first-order chi connectivity index (χ1) is 6.41. The molecular formula is C11H17F2N. The molecule has 80 valence electrons. The molecule has 0 bridgehead atoms. The SMILES string of the molecule is C=C(/C=C/CN1CC(F)(F)C1)C(C)C. The van der Waals surface area contributed by atoms with E-state index in [2.05, 4.69) is 20.4 Å². The molecule has 0 N–H and O–H groups in total. The zero-order valence-corrected chi connectivity index (χ0v) is 8.76. The Morgan fingerprint density at radius 1 is 1.50 bits per heavy atom. The van der Waals surface area contributed by atoms with Gasteiger partial charge >= 0.3 is 0 Å². The third kappa shape index (κ3) is 3.22. The van der Waals surface area contributed by atoms with Crippen LogP contribution >= 0.6 is 0 Å². The number of hydrogen-bond donors (Lipinski definition) is 0. The standard InChI is InChI=1S/C11H17F2N/c1-9(2)10(3)5-4-6-14-7-11(12,13)8-14/h4-5,9H,3,6-8H2,1-2H3/b5-4+. The monoisotopic (exact) mass is 201 g/mol. The second-order valence-corrected chi connectivity index (χ2v) is 4.16. The molecule has 14 heavy (non-hydrogen) atoms. The van der Waals surface area contributed by atoms with E-state index in [9.17, 15) is 8.78 Å². The summed E-state index contributed by atoms with van der Waals surface area (Å²) in [6, 6.07) is 0. The molecule has 1 rings (SSSR count). The van der Waals surface area contributed by atoms with Gasteiger partial charge in [-0.15, -0.1) is 0 Å². The molecule has 0 saturated carbocycles. The Labute approximate surface area is 84.1 Å². The number of alkyl halides is 2. The van der Waals surface area contributed by atoms with Crippen LogP contribution in [0, 0.1) is 5.92 Å². The van der Waals surface area contributed by atoms with Gasteiger partial charge in [-0.05, 0) is 5.92 Å². The van der Waals surface area contributed by atoms with Gasteiger partial charge in [-0.1, -0.05) is 38.2 Å². The maximum atomic E-state index is 12.4. The van der Waals surface area contributed by atoms with E-state index >= 15 is 0 Å². The van der Waals surface area contributed by atoms with Gasteiger partial charge in [-0.25, -0.2) is 8.78 Å². The van der Waals surface area contributed by atoms with Gasteiger partial charge in [-0.3, -0.25) is 4.90 Å². The van der Waals surface area contributed by atoms with Gasteiger partial charge in [0.25, 0.3) is 5.92 Å². The molecule has 0 aliphatic carbocycles. The van der Waals surface area contributed by atoms with Crippen molar-refractivity contribution in [2.24, 2.45) is 5.92 Å².